The summed E-state index contributed by atoms with van der Waals surface area (Å²) >= 11 is 0. The number of phenols is 1. The number of carbonyl (C=O) groups is 1. The predicted octanol–water partition coefficient (Wildman–Crippen LogP) is 1.67. The summed E-state index contributed by atoms with van der Waals surface area (Å²) in [5.41, 5.74) is 7.93. The molecule has 138 valence electrons. The van der Waals surface area contributed by atoms with Crippen LogP contribution in [0.2, 0.25) is 0 Å². The maximum atomic E-state index is 12.4. The molecule has 4 rings (SSSR count). The second-order valence-corrected chi connectivity index (χ2v) is 6.31. The lowest BCUT2D eigenvalue weighted by Crippen LogP contribution is -2.42. The van der Waals surface area contributed by atoms with E-state index in [2.05, 4.69) is 26.4 Å². The molecule has 1 amide bonds. The monoisotopic (exact) mass is 365 g/mol. The van der Waals surface area contributed by atoms with Crippen molar-refractivity contribution in [3.63, 3.8) is 0 Å². The quantitative estimate of drug-likeness (QED) is 0.544. The van der Waals surface area contributed by atoms with E-state index >= 15 is 0 Å². The molecular weight excluding hydrogens is 346 g/mol. The van der Waals surface area contributed by atoms with Crippen molar-refractivity contribution in [1.29, 1.82) is 0 Å². The summed E-state index contributed by atoms with van der Waals surface area (Å²) in [5.74, 6) is 0.841. The first-order valence-electron chi connectivity index (χ1n) is 8.64. The van der Waals surface area contributed by atoms with E-state index in [0.29, 0.717) is 18.2 Å². The van der Waals surface area contributed by atoms with Gasteiger partial charge in [-0.25, -0.2) is 10.9 Å². The second kappa shape index (κ2) is 7.56. The molecule has 2 unspecified atom stereocenters. The van der Waals surface area contributed by atoms with Gasteiger partial charge in [0, 0.05) is 11.6 Å². The molecule has 0 aliphatic carbocycles. The third kappa shape index (κ3) is 3.97. The van der Waals surface area contributed by atoms with Gasteiger partial charge in [0.05, 0.1) is 6.54 Å². The molecule has 1 aliphatic heterocycles. The number of amides is 1. The Bertz CT molecular complexity index is 911. The van der Waals surface area contributed by atoms with Gasteiger partial charge in [-0.1, -0.05) is 30.3 Å². The van der Waals surface area contributed by atoms with Gasteiger partial charge in [0.1, 0.15) is 11.8 Å². The molecule has 1 aromatic heterocycles. The number of benzene rings is 2. The fourth-order valence-corrected chi connectivity index (χ4v) is 2.96. The SMILES string of the molecule is O=C(NCc1nnc(-c2ccccc2)o1)C1CC(c2ccc(O)cc2)NN1. The van der Waals surface area contributed by atoms with Gasteiger partial charge in [0.15, 0.2) is 0 Å². The van der Waals surface area contributed by atoms with Crippen LogP contribution >= 0.6 is 0 Å². The molecule has 3 aromatic rings. The standard InChI is InChI=1S/C19H19N5O3/c25-14-8-6-12(7-9-14)15-10-16(22-21-15)18(26)20-11-17-23-24-19(27-17)13-4-2-1-3-5-13/h1-9,15-16,21-22,25H,10-11H2,(H,20,26). The number of phenolic OH excluding ortho intramolecular Hbond substituents is 1. The number of hydrogen-bond donors (Lipinski definition) is 4. The van der Waals surface area contributed by atoms with Crippen LogP contribution in [0.4, 0.5) is 0 Å². The van der Waals surface area contributed by atoms with Gasteiger partial charge < -0.3 is 14.8 Å². The summed E-state index contributed by atoms with van der Waals surface area (Å²) in [4.78, 5) is 12.4. The Hall–Kier alpha value is -3.23. The summed E-state index contributed by atoms with van der Waals surface area (Å²) in [5, 5.41) is 20.2. The molecule has 0 spiro atoms. The van der Waals surface area contributed by atoms with Crippen molar-refractivity contribution in [2.24, 2.45) is 0 Å². The van der Waals surface area contributed by atoms with Gasteiger partial charge in [-0.3, -0.25) is 4.79 Å². The highest BCUT2D eigenvalue weighted by Crippen LogP contribution is 2.24. The van der Waals surface area contributed by atoms with E-state index in [1.54, 1.807) is 12.1 Å². The summed E-state index contributed by atoms with van der Waals surface area (Å²) in [6, 6.07) is 16.0. The summed E-state index contributed by atoms with van der Waals surface area (Å²) < 4.78 is 5.59. The van der Waals surface area contributed by atoms with Crippen LogP contribution in [0.5, 0.6) is 5.75 Å². The fraction of sp³-hybridized carbons (Fsp3) is 0.211. The van der Waals surface area contributed by atoms with Crippen LogP contribution in [0.1, 0.15) is 23.9 Å². The Morgan fingerprint density at radius 3 is 2.67 bits per heavy atom. The van der Waals surface area contributed by atoms with Crippen LogP contribution in [0, 0.1) is 0 Å². The van der Waals surface area contributed by atoms with Gasteiger partial charge in [0.25, 0.3) is 0 Å². The van der Waals surface area contributed by atoms with Crippen molar-refractivity contribution in [2.45, 2.75) is 25.0 Å². The highest BCUT2D eigenvalue weighted by molar-refractivity contribution is 5.82. The van der Waals surface area contributed by atoms with Crippen molar-refractivity contribution in [2.75, 3.05) is 0 Å². The van der Waals surface area contributed by atoms with Crippen LogP contribution in [0.3, 0.4) is 0 Å². The zero-order valence-corrected chi connectivity index (χ0v) is 14.4. The van der Waals surface area contributed by atoms with E-state index in [9.17, 15) is 9.90 Å². The minimum atomic E-state index is -0.375. The molecule has 1 aliphatic rings. The van der Waals surface area contributed by atoms with E-state index in [-0.39, 0.29) is 30.3 Å². The molecule has 1 fully saturated rings. The molecule has 0 bridgehead atoms. The normalized spacial score (nSPS) is 19.1. The summed E-state index contributed by atoms with van der Waals surface area (Å²) in [6.07, 6.45) is 0.593. The molecule has 8 nitrogen and oxygen atoms in total. The van der Waals surface area contributed by atoms with Crippen LogP contribution in [-0.4, -0.2) is 27.3 Å². The van der Waals surface area contributed by atoms with Gasteiger partial charge >= 0.3 is 0 Å². The number of carbonyl (C=O) groups excluding carboxylic acids is 1. The maximum Gasteiger partial charge on any atom is 0.247 e. The van der Waals surface area contributed by atoms with E-state index in [0.717, 1.165) is 11.1 Å². The number of hydrogen-bond acceptors (Lipinski definition) is 7. The molecular formula is C19H19N5O3. The van der Waals surface area contributed by atoms with Crippen LogP contribution in [0.15, 0.2) is 59.0 Å². The number of aromatic nitrogens is 2. The lowest BCUT2D eigenvalue weighted by molar-refractivity contribution is -0.123. The molecule has 2 heterocycles. The van der Waals surface area contributed by atoms with Crippen molar-refractivity contribution in [3.8, 4) is 17.2 Å². The van der Waals surface area contributed by atoms with Crippen molar-refractivity contribution in [1.82, 2.24) is 26.4 Å². The predicted molar refractivity (Wildman–Crippen MR) is 97.1 cm³/mol. The first-order valence-corrected chi connectivity index (χ1v) is 8.64. The second-order valence-electron chi connectivity index (χ2n) is 6.31. The van der Waals surface area contributed by atoms with E-state index in [1.165, 1.54) is 0 Å². The topological polar surface area (TPSA) is 112 Å². The number of nitrogens with zero attached hydrogens (tertiary/aromatic N) is 2. The van der Waals surface area contributed by atoms with Crippen molar-refractivity contribution < 1.29 is 14.3 Å². The van der Waals surface area contributed by atoms with Crippen molar-refractivity contribution in [3.05, 3.63) is 66.1 Å². The minimum absolute atomic E-state index is 0.00515. The lowest BCUT2D eigenvalue weighted by atomic mass is 10.0. The molecule has 1 saturated heterocycles. The van der Waals surface area contributed by atoms with E-state index < -0.39 is 0 Å². The Labute approximate surface area is 155 Å². The van der Waals surface area contributed by atoms with Gasteiger partial charge in [-0.05, 0) is 36.2 Å². The first kappa shape index (κ1) is 17.2. The lowest BCUT2D eigenvalue weighted by Gasteiger charge is -2.10. The number of hydrazine groups is 1. The number of aromatic hydroxyl groups is 1. The van der Waals surface area contributed by atoms with Gasteiger partial charge in [-0.2, -0.15) is 0 Å². The summed E-state index contributed by atoms with van der Waals surface area (Å²) in [6.45, 7) is 0.167. The zero-order valence-electron chi connectivity index (χ0n) is 14.4. The van der Waals surface area contributed by atoms with Crippen LogP contribution in [0.25, 0.3) is 11.5 Å². The number of nitrogens with one attached hydrogen (secondary N) is 3. The smallest absolute Gasteiger partial charge is 0.247 e. The fourth-order valence-electron chi connectivity index (χ4n) is 2.96. The zero-order chi connectivity index (χ0) is 18.6. The molecule has 2 aromatic carbocycles. The molecule has 8 heteroatoms. The Kier molecular flexibility index (Phi) is 4.82. The Morgan fingerprint density at radius 2 is 1.89 bits per heavy atom. The van der Waals surface area contributed by atoms with Crippen LogP contribution < -0.4 is 16.2 Å². The van der Waals surface area contributed by atoms with Gasteiger partial charge in [-0.15, -0.1) is 10.2 Å². The summed E-state index contributed by atoms with van der Waals surface area (Å²) in [7, 11) is 0. The third-order valence-corrected chi connectivity index (χ3v) is 4.42. The van der Waals surface area contributed by atoms with E-state index in [4.69, 9.17) is 4.42 Å². The molecule has 4 N–H and O–H groups in total. The average molecular weight is 365 g/mol. The third-order valence-electron chi connectivity index (χ3n) is 4.42. The largest absolute Gasteiger partial charge is 0.508 e. The van der Waals surface area contributed by atoms with Crippen LogP contribution in [-0.2, 0) is 11.3 Å². The molecule has 0 radical (unpaired) electrons. The molecule has 2 atom stereocenters. The molecule has 0 saturated carbocycles. The average Bonchev–Trinajstić information content (AvgIpc) is 3.37. The van der Waals surface area contributed by atoms with Crippen molar-refractivity contribution >= 4 is 5.91 Å². The minimum Gasteiger partial charge on any atom is -0.508 e. The number of rotatable bonds is 5. The molecule has 27 heavy (non-hydrogen) atoms. The maximum absolute atomic E-state index is 12.4. The van der Waals surface area contributed by atoms with Gasteiger partial charge in [0.2, 0.25) is 17.7 Å². The first-order chi connectivity index (χ1) is 13.2. The highest BCUT2D eigenvalue weighted by Gasteiger charge is 2.30. The highest BCUT2D eigenvalue weighted by atomic mass is 16.4. The Balaban J connectivity index is 1.31. The Morgan fingerprint density at radius 1 is 1.11 bits per heavy atom. The van der Waals surface area contributed by atoms with E-state index in [1.807, 2.05) is 42.5 Å².